The van der Waals surface area contributed by atoms with Crippen LogP contribution in [0.2, 0.25) is 0 Å². The summed E-state index contributed by atoms with van der Waals surface area (Å²) in [6, 6.07) is 17.3. The molecule has 0 heterocycles. The Morgan fingerprint density at radius 1 is 1.17 bits per heavy atom. The fraction of sp³-hybridized carbons (Fsp3) is 0.200. The standard InChI is InChI=1S/C20H21N3O/c1-14(2)18-9-4-5-10-19(18)23-20(24)16(12-21)13-22-17-8-6-7-15(3)11-17/h4-11,13-14,22H,1-3H3,(H,23,24)/b16-13-. The van der Waals surface area contributed by atoms with Crippen LogP contribution in [0.1, 0.15) is 30.9 Å². The van der Waals surface area contributed by atoms with Gasteiger partial charge in [-0.05, 0) is 42.2 Å². The Morgan fingerprint density at radius 2 is 1.92 bits per heavy atom. The number of nitrogens with one attached hydrogen (secondary N) is 2. The molecule has 0 atom stereocenters. The zero-order chi connectivity index (χ0) is 17.5. The zero-order valence-corrected chi connectivity index (χ0v) is 14.1. The van der Waals surface area contributed by atoms with E-state index in [1.165, 1.54) is 6.20 Å². The summed E-state index contributed by atoms with van der Waals surface area (Å²) in [6.07, 6.45) is 1.43. The fourth-order valence-electron chi connectivity index (χ4n) is 2.34. The van der Waals surface area contributed by atoms with E-state index in [0.29, 0.717) is 0 Å². The molecule has 0 saturated carbocycles. The van der Waals surface area contributed by atoms with E-state index in [-0.39, 0.29) is 11.5 Å². The second kappa shape index (κ2) is 7.98. The van der Waals surface area contributed by atoms with Gasteiger partial charge in [0, 0.05) is 17.6 Å². The largest absolute Gasteiger partial charge is 0.360 e. The Balaban J connectivity index is 2.15. The monoisotopic (exact) mass is 319 g/mol. The van der Waals surface area contributed by atoms with E-state index in [2.05, 4.69) is 24.5 Å². The zero-order valence-electron chi connectivity index (χ0n) is 14.1. The Hall–Kier alpha value is -3.06. The molecule has 1 amide bonds. The Bertz CT molecular complexity index is 801. The molecule has 2 rings (SSSR count). The van der Waals surface area contributed by atoms with E-state index in [1.54, 1.807) is 0 Å². The maximum Gasteiger partial charge on any atom is 0.267 e. The second-order valence-electron chi connectivity index (χ2n) is 5.88. The van der Waals surface area contributed by atoms with Gasteiger partial charge in [0.2, 0.25) is 0 Å². The molecule has 0 aromatic heterocycles. The minimum absolute atomic E-state index is 0.0232. The van der Waals surface area contributed by atoms with Gasteiger partial charge in [-0.2, -0.15) is 5.26 Å². The average molecular weight is 319 g/mol. The molecule has 4 heteroatoms. The highest BCUT2D eigenvalue weighted by Gasteiger charge is 2.12. The average Bonchev–Trinajstić information content (AvgIpc) is 2.55. The van der Waals surface area contributed by atoms with Gasteiger partial charge in [0.25, 0.3) is 5.91 Å². The van der Waals surface area contributed by atoms with Gasteiger partial charge < -0.3 is 10.6 Å². The highest BCUT2D eigenvalue weighted by Crippen LogP contribution is 2.24. The molecule has 0 aliphatic carbocycles. The third-order valence-electron chi connectivity index (χ3n) is 3.60. The summed E-state index contributed by atoms with van der Waals surface area (Å²) in [4.78, 5) is 12.4. The summed E-state index contributed by atoms with van der Waals surface area (Å²) >= 11 is 0. The van der Waals surface area contributed by atoms with E-state index in [0.717, 1.165) is 22.5 Å². The Morgan fingerprint density at radius 3 is 2.58 bits per heavy atom. The summed E-state index contributed by atoms with van der Waals surface area (Å²) in [5, 5.41) is 15.1. The number of aryl methyl sites for hydroxylation is 1. The first-order chi connectivity index (χ1) is 11.5. The lowest BCUT2D eigenvalue weighted by atomic mass is 10.0. The van der Waals surface area contributed by atoms with Crippen LogP contribution in [0.4, 0.5) is 11.4 Å². The molecule has 2 N–H and O–H groups in total. The van der Waals surface area contributed by atoms with E-state index in [9.17, 15) is 10.1 Å². The molecule has 24 heavy (non-hydrogen) atoms. The van der Waals surface area contributed by atoms with Crippen LogP contribution < -0.4 is 10.6 Å². The van der Waals surface area contributed by atoms with Crippen LogP contribution in [0.15, 0.2) is 60.3 Å². The number of nitrogens with zero attached hydrogens (tertiary/aromatic N) is 1. The number of nitriles is 1. The van der Waals surface area contributed by atoms with Crippen LogP contribution in [-0.2, 0) is 4.79 Å². The van der Waals surface area contributed by atoms with Crippen molar-refractivity contribution in [2.24, 2.45) is 0 Å². The maximum absolute atomic E-state index is 12.4. The summed E-state index contributed by atoms with van der Waals surface area (Å²) in [7, 11) is 0. The van der Waals surface area contributed by atoms with Crippen LogP contribution in [0.5, 0.6) is 0 Å². The third-order valence-corrected chi connectivity index (χ3v) is 3.60. The van der Waals surface area contributed by atoms with E-state index < -0.39 is 5.91 Å². The number of hydrogen-bond acceptors (Lipinski definition) is 3. The normalized spacial score (nSPS) is 11.0. The first kappa shape index (κ1) is 17.3. The van der Waals surface area contributed by atoms with Crippen LogP contribution in [0, 0.1) is 18.3 Å². The topological polar surface area (TPSA) is 64.9 Å². The minimum atomic E-state index is -0.425. The molecular formula is C20H21N3O. The predicted molar refractivity (Wildman–Crippen MR) is 97.7 cm³/mol. The molecule has 0 radical (unpaired) electrons. The molecule has 122 valence electrons. The Labute approximate surface area is 142 Å². The molecule has 0 aliphatic heterocycles. The lowest BCUT2D eigenvalue weighted by molar-refractivity contribution is -0.112. The number of anilines is 2. The first-order valence-corrected chi connectivity index (χ1v) is 7.85. The minimum Gasteiger partial charge on any atom is -0.360 e. The van der Waals surface area contributed by atoms with Crippen molar-refractivity contribution in [2.75, 3.05) is 10.6 Å². The smallest absolute Gasteiger partial charge is 0.267 e. The van der Waals surface area contributed by atoms with Crippen LogP contribution in [-0.4, -0.2) is 5.91 Å². The molecule has 0 bridgehead atoms. The number of hydrogen-bond donors (Lipinski definition) is 2. The van der Waals surface area contributed by atoms with Crippen LogP contribution >= 0.6 is 0 Å². The van der Waals surface area contributed by atoms with Gasteiger partial charge in [-0.25, -0.2) is 0 Å². The second-order valence-corrected chi connectivity index (χ2v) is 5.88. The van der Waals surface area contributed by atoms with Crippen molar-refractivity contribution in [1.29, 1.82) is 5.26 Å². The van der Waals surface area contributed by atoms with Crippen molar-refractivity contribution in [1.82, 2.24) is 0 Å². The maximum atomic E-state index is 12.4. The summed E-state index contributed by atoms with van der Waals surface area (Å²) in [5.41, 5.74) is 3.72. The number of amides is 1. The van der Waals surface area contributed by atoms with Crippen molar-refractivity contribution in [3.05, 3.63) is 71.4 Å². The predicted octanol–water partition coefficient (Wildman–Crippen LogP) is 4.58. The summed E-state index contributed by atoms with van der Waals surface area (Å²) in [6.45, 7) is 6.10. The number of para-hydroxylation sites is 1. The van der Waals surface area contributed by atoms with Crippen molar-refractivity contribution in [3.63, 3.8) is 0 Å². The van der Waals surface area contributed by atoms with Gasteiger partial charge in [0.1, 0.15) is 11.6 Å². The summed E-state index contributed by atoms with van der Waals surface area (Å²) in [5.74, 6) is -0.146. The SMILES string of the molecule is Cc1cccc(N/C=C(/C#N)C(=O)Nc2ccccc2C(C)C)c1. The fourth-order valence-corrected chi connectivity index (χ4v) is 2.34. The lowest BCUT2D eigenvalue weighted by Gasteiger charge is -2.13. The number of carbonyl (C=O) groups excluding carboxylic acids is 1. The molecule has 0 saturated heterocycles. The molecule has 0 aliphatic rings. The third kappa shape index (κ3) is 4.47. The molecule has 2 aromatic carbocycles. The number of rotatable bonds is 5. The van der Waals surface area contributed by atoms with Gasteiger partial charge in [0.15, 0.2) is 0 Å². The van der Waals surface area contributed by atoms with Crippen LogP contribution in [0.3, 0.4) is 0 Å². The molecule has 0 fully saturated rings. The lowest BCUT2D eigenvalue weighted by Crippen LogP contribution is -2.16. The molecule has 2 aromatic rings. The van der Waals surface area contributed by atoms with Crippen molar-refractivity contribution < 1.29 is 4.79 Å². The number of carbonyl (C=O) groups is 1. The molecule has 4 nitrogen and oxygen atoms in total. The van der Waals surface area contributed by atoms with Gasteiger partial charge in [-0.15, -0.1) is 0 Å². The first-order valence-electron chi connectivity index (χ1n) is 7.85. The van der Waals surface area contributed by atoms with Gasteiger partial charge in [0.05, 0.1) is 0 Å². The van der Waals surface area contributed by atoms with Gasteiger partial charge in [-0.1, -0.05) is 44.2 Å². The van der Waals surface area contributed by atoms with Gasteiger partial charge in [-0.3, -0.25) is 4.79 Å². The van der Waals surface area contributed by atoms with E-state index in [1.807, 2.05) is 61.5 Å². The van der Waals surface area contributed by atoms with Crippen molar-refractivity contribution in [2.45, 2.75) is 26.7 Å². The molecule has 0 spiro atoms. The highest BCUT2D eigenvalue weighted by atomic mass is 16.1. The summed E-state index contributed by atoms with van der Waals surface area (Å²) < 4.78 is 0. The van der Waals surface area contributed by atoms with Crippen molar-refractivity contribution in [3.8, 4) is 6.07 Å². The number of benzene rings is 2. The molecular weight excluding hydrogens is 298 g/mol. The van der Waals surface area contributed by atoms with Crippen LogP contribution in [0.25, 0.3) is 0 Å². The molecule has 0 unspecified atom stereocenters. The Kier molecular flexibility index (Phi) is 5.75. The highest BCUT2D eigenvalue weighted by molar-refractivity contribution is 6.07. The van der Waals surface area contributed by atoms with Crippen molar-refractivity contribution >= 4 is 17.3 Å². The van der Waals surface area contributed by atoms with E-state index in [4.69, 9.17) is 0 Å². The van der Waals surface area contributed by atoms with E-state index >= 15 is 0 Å². The van der Waals surface area contributed by atoms with Gasteiger partial charge >= 0.3 is 0 Å². The quantitative estimate of drug-likeness (QED) is 0.626.